The molecule has 0 radical (unpaired) electrons. The second-order valence-electron chi connectivity index (χ2n) is 7.42. The Balaban J connectivity index is 1.50. The van der Waals surface area contributed by atoms with Crippen molar-refractivity contribution < 1.29 is 38.0 Å². The fourth-order valence-electron chi connectivity index (χ4n) is 3.49. The summed E-state index contributed by atoms with van der Waals surface area (Å²) in [5, 5.41) is 0. The van der Waals surface area contributed by atoms with Gasteiger partial charge in [0, 0.05) is 20.0 Å². The van der Waals surface area contributed by atoms with Crippen molar-refractivity contribution in [2.24, 2.45) is 0 Å². The molecule has 2 fully saturated rings. The van der Waals surface area contributed by atoms with Crippen LogP contribution in [-0.2, 0) is 33.3 Å². The van der Waals surface area contributed by atoms with Gasteiger partial charge in [-0.25, -0.2) is 9.78 Å². The zero-order valence-electron chi connectivity index (χ0n) is 15.8. The average Bonchev–Trinajstić information content (AvgIpc) is 3.14. The molecule has 0 bridgehead atoms. The summed E-state index contributed by atoms with van der Waals surface area (Å²) in [6, 6.07) is 0. The number of carbonyl (C=O) groups is 2. The highest BCUT2D eigenvalue weighted by Gasteiger charge is 2.56. The highest BCUT2D eigenvalue weighted by molar-refractivity contribution is 5.80. The Morgan fingerprint density at radius 2 is 2.11 bits per heavy atom. The second-order valence-corrected chi connectivity index (χ2v) is 7.42. The zero-order chi connectivity index (χ0) is 20.3. The van der Waals surface area contributed by atoms with Gasteiger partial charge in [-0.15, -0.1) is 0 Å². The molecule has 0 aliphatic carbocycles. The van der Waals surface area contributed by atoms with E-state index < -0.39 is 47.9 Å². The molecule has 2 N–H and O–H groups in total. The van der Waals surface area contributed by atoms with Gasteiger partial charge in [-0.1, -0.05) is 0 Å². The predicted molar refractivity (Wildman–Crippen MR) is 89.6 cm³/mol. The second kappa shape index (κ2) is 6.26. The van der Waals surface area contributed by atoms with Gasteiger partial charge in [0.1, 0.15) is 12.2 Å². The number of carbonyl (C=O) groups excluding carboxylic acids is 2. The Kier molecular flexibility index (Phi) is 4.21. The summed E-state index contributed by atoms with van der Waals surface area (Å²) in [5.41, 5.74) is 5.06. The lowest BCUT2D eigenvalue weighted by atomic mass is 10.1. The maximum absolute atomic E-state index is 11.9. The maximum atomic E-state index is 11.9. The molecule has 152 valence electrons. The first kappa shape index (κ1) is 18.8. The van der Waals surface area contributed by atoms with Gasteiger partial charge < -0.3 is 29.4 Å². The molecule has 3 aliphatic heterocycles. The summed E-state index contributed by atoms with van der Waals surface area (Å²) in [6.07, 6.45) is -1.12. The number of anilines is 1. The Bertz CT molecular complexity index is 831. The van der Waals surface area contributed by atoms with Crippen LogP contribution in [-0.4, -0.2) is 58.4 Å². The maximum Gasteiger partial charge on any atom is 0.342 e. The smallest absolute Gasteiger partial charge is 0.342 e. The van der Waals surface area contributed by atoms with Crippen LogP contribution in [0.15, 0.2) is 6.20 Å². The van der Waals surface area contributed by atoms with E-state index in [-0.39, 0.29) is 12.6 Å². The van der Waals surface area contributed by atoms with E-state index in [1.165, 1.54) is 20.0 Å². The van der Waals surface area contributed by atoms with Crippen LogP contribution in [0, 0.1) is 0 Å². The number of cyclic esters (lactones) is 1. The number of hydrogen-bond donors (Lipinski definition) is 1. The van der Waals surface area contributed by atoms with E-state index in [2.05, 4.69) is 9.97 Å². The molecule has 11 heteroatoms. The van der Waals surface area contributed by atoms with E-state index in [1.54, 1.807) is 13.8 Å². The third-order valence-electron chi connectivity index (χ3n) is 4.69. The Morgan fingerprint density at radius 3 is 2.75 bits per heavy atom. The number of nitrogen functional groups attached to an aromatic ring is 1. The molecule has 1 aromatic rings. The van der Waals surface area contributed by atoms with E-state index in [1.807, 2.05) is 0 Å². The van der Waals surface area contributed by atoms with E-state index in [0.29, 0.717) is 11.4 Å². The van der Waals surface area contributed by atoms with Gasteiger partial charge in [-0.2, -0.15) is 4.98 Å². The molecule has 4 heterocycles. The highest BCUT2D eigenvalue weighted by Crippen LogP contribution is 2.46. The lowest BCUT2D eigenvalue weighted by Gasteiger charge is -2.27. The molecule has 28 heavy (non-hydrogen) atoms. The van der Waals surface area contributed by atoms with Crippen LogP contribution in [0.25, 0.3) is 0 Å². The Morgan fingerprint density at radius 1 is 1.36 bits per heavy atom. The van der Waals surface area contributed by atoms with Crippen LogP contribution in [0.3, 0.4) is 0 Å². The molecule has 11 nitrogen and oxygen atoms in total. The number of rotatable bonds is 4. The van der Waals surface area contributed by atoms with Crippen molar-refractivity contribution in [2.75, 3.05) is 12.3 Å². The van der Waals surface area contributed by atoms with Gasteiger partial charge in [0.2, 0.25) is 11.8 Å². The third kappa shape index (κ3) is 3.15. The molecule has 2 saturated heterocycles. The minimum atomic E-state index is -1.57. The van der Waals surface area contributed by atoms with Gasteiger partial charge in [-0.05, 0) is 13.8 Å². The first-order valence-electron chi connectivity index (χ1n) is 8.77. The van der Waals surface area contributed by atoms with Gasteiger partial charge in [-0.3, -0.25) is 9.53 Å². The molecule has 0 amide bonds. The Labute approximate surface area is 160 Å². The van der Waals surface area contributed by atoms with Crippen LogP contribution < -0.4 is 10.5 Å². The summed E-state index contributed by atoms with van der Waals surface area (Å²) in [5.74, 6) is -2.25. The van der Waals surface area contributed by atoms with Crippen molar-refractivity contribution in [3.63, 3.8) is 0 Å². The number of fused-ring (bicyclic) bond motifs is 3. The van der Waals surface area contributed by atoms with Crippen molar-refractivity contribution in [3.05, 3.63) is 11.8 Å². The summed E-state index contributed by atoms with van der Waals surface area (Å²) in [7, 11) is 0. The van der Waals surface area contributed by atoms with Crippen LogP contribution in [0.1, 0.15) is 39.4 Å². The van der Waals surface area contributed by atoms with E-state index in [4.69, 9.17) is 34.2 Å². The molecule has 0 saturated carbocycles. The van der Waals surface area contributed by atoms with Gasteiger partial charge in [0.15, 0.2) is 17.8 Å². The Hall–Kier alpha value is -2.50. The van der Waals surface area contributed by atoms with E-state index in [9.17, 15) is 9.59 Å². The van der Waals surface area contributed by atoms with Crippen LogP contribution in [0.4, 0.5) is 5.95 Å². The molecular weight excluding hydrogens is 374 g/mol. The highest BCUT2D eigenvalue weighted by atomic mass is 16.9. The van der Waals surface area contributed by atoms with Crippen LogP contribution in [0.5, 0.6) is 5.88 Å². The predicted octanol–water partition coefficient (Wildman–Crippen LogP) is 0.234. The summed E-state index contributed by atoms with van der Waals surface area (Å²) < 4.78 is 33.6. The minimum Gasteiger partial charge on any atom is -0.467 e. The number of aromatic nitrogens is 2. The molecular formula is C17H21N3O8. The first-order valence-corrected chi connectivity index (χ1v) is 8.77. The van der Waals surface area contributed by atoms with Crippen molar-refractivity contribution in [1.82, 2.24) is 9.97 Å². The number of ether oxygens (including phenoxy) is 6. The molecule has 3 aliphatic rings. The SMILES string of the molecule is CC(=O)O[C@H]1[C@@H]2Oc3nc(N)ncc3[C@@H]2O[C@@H]1COC1(C)OC(=O)C(C)(C)O1. The van der Waals surface area contributed by atoms with Gasteiger partial charge >= 0.3 is 17.9 Å². The largest absolute Gasteiger partial charge is 0.467 e. The lowest BCUT2D eigenvalue weighted by molar-refractivity contribution is -0.335. The molecule has 1 aromatic heterocycles. The van der Waals surface area contributed by atoms with Gasteiger partial charge in [0.25, 0.3) is 0 Å². The van der Waals surface area contributed by atoms with Crippen molar-refractivity contribution in [2.45, 2.75) is 63.7 Å². The molecule has 0 spiro atoms. The summed E-state index contributed by atoms with van der Waals surface area (Å²) in [6.45, 7) is 5.87. The number of nitrogens with two attached hydrogens (primary N) is 1. The molecule has 0 aromatic carbocycles. The fourth-order valence-corrected chi connectivity index (χ4v) is 3.49. The third-order valence-corrected chi connectivity index (χ3v) is 4.69. The number of hydrogen-bond acceptors (Lipinski definition) is 11. The average molecular weight is 395 g/mol. The number of esters is 2. The molecule has 4 rings (SSSR count). The van der Waals surface area contributed by atoms with Gasteiger partial charge in [0.05, 0.1) is 12.2 Å². The monoisotopic (exact) mass is 395 g/mol. The standard InChI is InChI=1S/C17H21N3O8/c1-7(21)24-11-9(6-23-17(4)27-14(22)16(2,3)28-17)25-10-8-5-19-15(18)20-13(8)26-12(10)11/h5,9-12H,6H2,1-4H3,(H2,18,19,20)/t9-,10+,11-,12-,17?/m1/s1. The zero-order valence-corrected chi connectivity index (χ0v) is 15.8. The van der Waals surface area contributed by atoms with E-state index >= 15 is 0 Å². The topological polar surface area (TPSA) is 141 Å². The molecule has 5 atom stereocenters. The van der Waals surface area contributed by atoms with E-state index in [0.717, 1.165) is 0 Å². The van der Waals surface area contributed by atoms with Crippen molar-refractivity contribution in [3.8, 4) is 5.88 Å². The summed E-state index contributed by atoms with van der Waals surface area (Å²) in [4.78, 5) is 31.5. The van der Waals surface area contributed by atoms with Crippen molar-refractivity contribution >= 4 is 17.9 Å². The van der Waals surface area contributed by atoms with Crippen LogP contribution in [0.2, 0.25) is 0 Å². The normalized spacial score (nSPS) is 35.1. The summed E-state index contributed by atoms with van der Waals surface area (Å²) >= 11 is 0. The van der Waals surface area contributed by atoms with Crippen LogP contribution >= 0.6 is 0 Å². The minimum absolute atomic E-state index is 0.0679. The first-order chi connectivity index (χ1) is 13.1. The molecule has 1 unspecified atom stereocenters. The van der Waals surface area contributed by atoms with Crippen molar-refractivity contribution in [1.29, 1.82) is 0 Å². The fraction of sp³-hybridized carbons (Fsp3) is 0.647. The number of nitrogens with zero attached hydrogens (tertiary/aromatic N) is 2. The quantitative estimate of drug-likeness (QED) is 0.700. The lowest BCUT2D eigenvalue weighted by Crippen LogP contribution is -2.42.